The van der Waals surface area contributed by atoms with Crippen LogP contribution >= 0.6 is 177 Å². The first-order valence-corrected chi connectivity index (χ1v) is 52.0. The molecule has 44 heavy (non-hydrogen) atoms. The molecular formula is C14H38Cl18N4Si8. The van der Waals surface area contributed by atoms with Gasteiger partial charge in [-0.25, -0.2) is 0 Å². The Balaban J connectivity index is -0.000000331. The molecule has 1 saturated heterocycles. The maximum absolute atomic E-state index is 6.72. The van der Waals surface area contributed by atoms with E-state index in [0.717, 1.165) is 8.97 Å². The van der Waals surface area contributed by atoms with Crippen LogP contribution in [0.1, 0.15) is 0 Å². The number of likely N-dealkylation sites (N-methyl/N-ethyl adjacent to an activating group) is 4. The molecular weight excluding hydrogens is 1090 g/mol. The Bertz CT molecular complexity index is 806. The summed E-state index contributed by atoms with van der Waals surface area (Å²) in [6, 6.07) is 0. The van der Waals surface area contributed by atoms with Crippen molar-refractivity contribution < 1.29 is 33.8 Å². The topological polar surface area (TPSA) is 6.48 Å². The van der Waals surface area contributed by atoms with E-state index >= 15 is 0 Å². The quantitative estimate of drug-likeness (QED) is 0.210. The summed E-state index contributed by atoms with van der Waals surface area (Å²) in [5.74, 6) is 0. The number of rotatable bonds is 8. The number of nitrogens with zero attached hydrogens (tertiary/aromatic N) is 4. The highest BCUT2D eigenvalue weighted by atomic mass is 35.9. The Morgan fingerprint density at radius 3 is 0.727 bits per heavy atom. The van der Waals surface area contributed by atoms with Crippen molar-refractivity contribution in [2.75, 3.05) is 96.7 Å². The van der Waals surface area contributed by atoms with Crippen molar-refractivity contribution in [2.45, 2.75) is 0 Å². The van der Waals surface area contributed by atoms with Gasteiger partial charge in [0.15, 0.2) is 0 Å². The second kappa shape index (κ2) is 20.1. The van der Waals surface area contributed by atoms with Crippen molar-refractivity contribution in [3.05, 3.63) is 0 Å². The molecule has 0 atom stereocenters. The van der Waals surface area contributed by atoms with Gasteiger partial charge in [0.25, 0.3) is 28.6 Å². The Morgan fingerprint density at radius 1 is 0.432 bits per heavy atom. The van der Waals surface area contributed by atoms with Gasteiger partial charge < -0.3 is 43.6 Å². The van der Waals surface area contributed by atoms with Gasteiger partial charge in [-0.3, -0.25) is 0 Å². The standard InChI is InChI=1S/2C7H19N2.Cl16Si8.2ClH/c2*1-8(2)6-7-9(3,4)5;1-17(2,3)24(18(4,5)6)22(13,14)20(9,10)19(7,8)21(11,12)23(24,15)16;;/h2*6-7H2,1-5H3;;2*1H/q2*+1;;;/p-2. The van der Waals surface area contributed by atoms with Gasteiger partial charge in [-0.15, -0.1) is 133 Å². The van der Waals surface area contributed by atoms with E-state index in [4.69, 9.17) is 177 Å². The Labute approximate surface area is 358 Å². The van der Waals surface area contributed by atoms with E-state index < -0.39 is 45.8 Å². The van der Waals surface area contributed by atoms with Gasteiger partial charge in [0.2, 0.25) is 6.14 Å². The number of hydrogen-bond acceptors (Lipinski definition) is 2. The molecule has 0 aliphatic carbocycles. The molecule has 4 nitrogen and oxygen atoms in total. The fourth-order valence-corrected chi connectivity index (χ4v) is 519. The van der Waals surface area contributed by atoms with Crippen LogP contribution in [0.3, 0.4) is 0 Å². The van der Waals surface area contributed by atoms with Crippen LogP contribution in [0.4, 0.5) is 0 Å². The molecule has 0 aromatic carbocycles. The van der Waals surface area contributed by atoms with Crippen molar-refractivity contribution in [2.24, 2.45) is 0 Å². The molecule has 0 radical (unpaired) electrons. The van der Waals surface area contributed by atoms with Crippen LogP contribution in [0.2, 0.25) is 0 Å². The lowest BCUT2D eigenvalue weighted by molar-refractivity contribution is -0.869. The smallest absolute Gasteiger partial charge is 0.327 e. The van der Waals surface area contributed by atoms with Crippen molar-refractivity contribution in [3.8, 4) is 0 Å². The van der Waals surface area contributed by atoms with Crippen LogP contribution in [-0.2, 0) is 0 Å². The minimum atomic E-state index is -4.23. The molecule has 0 N–H and O–H groups in total. The van der Waals surface area contributed by atoms with Crippen LogP contribution in [-0.4, -0.2) is 161 Å². The first-order chi connectivity index (χ1) is 17.8. The third-order valence-electron chi connectivity index (χ3n) is 5.81. The van der Waals surface area contributed by atoms with E-state index in [-0.39, 0.29) is 24.8 Å². The lowest BCUT2D eigenvalue weighted by Crippen LogP contribution is -3.04. The third-order valence-corrected chi connectivity index (χ3v) is 275. The molecule has 272 valence electrons. The highest BCUT2D eigenvalue weighted by Crippen LogP contribution is 2.70. The third kappa shape index (κ3) is 13.5. The summed E-state index contributed by atoms with van der Waals surface area (Å²) >= 11 is 104. The van der Waals surface area contributed by atoms with Gasteiger partial charge in [0.1, 0.15) is 0 Å². The van der Waals surface area contributed by atoms with Gasteiger partial charge in [-0.05, 0) is 28.2 Å². The van der Waals surface area contributed by atoms with Crippen molar-refractivity contribution in [1.29, 1.82) is 0 Å². The number of quaternary nitrogens is 2. The summed E-state index contributed by atoms with van der Waals surface area (Å²) in [6.07, 6.45) is -4.23. The molecule has 1 fully saturated rings. The molecule has 0 saturated carbocycles. The molecule has 30 heteroatoms. The van der Waals surface area contributed by atoms with Gasteiger partial charge in [-0.1, -0.05) is 0 Å². The van der Waals surface area contributed by atoms with Gasteiger partial charge in [0, 0.05) is 13.1 Å². The molecule has 0 unspecified atom stereocenters. The number of halogens is 18. The van der Waals surface area contributed by atoms with Crippen LogP contribution < -0.4 is 24.8 Å². The fraction of sp³-hybridized carbons (Fsp3) is 1.00. The fourth-order valence-electron chi connectivity index (χ4n) is 3.13. The molecule has 0 bridgehead atoms. The average molecular weight is 1130 g/mol. The van der Waals surface area contributed by atoms with Crippen molar-refractivity contribution >= 4 is 223 Å². The van der Waals surface area contributed by atoms with E-state index in [1.54, 1.807) is 0 Å². The zero-order chi connectivity index (χ0) is 35.0. The first kappa shape index (κ1) is 57.5. The predicted molar refractivity (Wildman–Crippen MR) is 223 cm³/mol. The highest BCUT2D eigenvalue weighted by molar-refractivity contribution is 8.59. The highest BCUT2D eigenvalue weighted by Gasteiger charge is 3.02. The van der Waals surface area contributed by atoms with E-state index in [2.05, 4.69) is 80.3 Å². The minimum Gasteiger partial charge on any atom is -1.00 e. The summed E-state index contributed by atoms with van der Waals surface area (Å²) < 4.78 is 2.11. The van der Waals surface area contributed by atoms with E-state index in [1.165, 1.54) is 26.2 Å². The van der Waals surface area contributed by atoms with E-state index in [0.29, 0.717) is 0 Å². The average Bonchev–Trinajstić information content (AvgIpc) is 2.67. The summed E-state index contributed by atoms with van der Waals surface area (Å²) in [5, 5.41) is 0. The molecule has 1 aliphatic rings. The zero-order valence-electron chi connectivity index (χ0n) is 25.4. The normalized spacial score (nSPS) is 21.5. The summed E-state index contributed by atoms with van der Waals surface area (Å²) in [6.45, 7) is 4.77. The van der Waals surface area contributed by atoms with Crippen molar-refractivity contribution in [3.63, 3.8) is 0 Å². The zero-order valence-corrected chi connectivity index (χ0v) is 47.0. The largest absolute Gasteiger partial charge is 1.00 e. The molecule has 1 heterocycles. The van der Waals surface area contributed by atoms with E-state index in [9.17, 15) is 0 Å². The van der Waals surface area contributed by atoms with Gasteiger partial charge in [0.05, 0.1) is 55.4 Å². The molecule has 1 aliphatic heterocycles. The Kier molecular flexibility index (Phi) is 26.3. The summed E-state index contributed by atoms with van der Waals surface area (Å²) in [5.41, 5.74) is -28.6. The van der Waals surface area contributed by atoms with Crippen LogP contribution in [0.5, 0.6) is 0 Å². The monoisotopic (exact) mass is 1120 g/mol. The maximum atomic E-state index is 6.72. The minimum absolute atomic E-state index is 0. The Hall–Kier alpha value is 6.80. The van der Waals surface area contributed by atoms with Gasteiger partial charge >= 0.3 is 11.0 Å². The first-order valence-electron chi connectivity index (χ1n) is 11.8. The van der Waals surface area contributed by atoms with Crippen LogP contribution in [0.15, 0.2) is 0 Å². The maximum Gasteiger partial charge on any atom is 0.327 e. The SMILES string of the molecule is CN(C)CC[N+](C)(C)C.CN(C)CC[N+](C)(C)C.Cl[Si](Cl)(Cl)[Si]1([Si](Cl)(Cl)Cl)[Si](Cl)(Cl)[Si](Cl)(Cl)[Si](Cl)(Cl)[Si](Cl)(Cl)[Si]1(Cl)Cl.[Cl-].[Cl-]. The lowest BCUT2D eigenvalue weighted by Gasteiger charge is -2.61. The van der Waals surface area contributed by atoms with Crippen molar-refractivity contribution in [1.82, 2.24) is 9.80 Å². The van der Waals surface area contributed by atoms with Gasteiger partial charge in [-0.2, -0.15) is 44.3 Å². The summed E-state index contributed by atoms with van der Waals surface area (Å²) in [4.78, 5) is 4.42. The molecule has 0 aromatic heterocycles. The number of hydrogen-bond donors (Lipinski definition) is 0. The van der Waals surface area contributed by atoms with Crippen LogP contribution in [0.25, 0.3) is 0 Å². The predicted octanol–water partition coefficient (Wildman–Crippen LogP) is 2.50. The lowest BCUT2D eigenvalue weighted by atomic mass is 10.5. The molecule has 0 aromatic rings. The molecule has 0 spiro atoms. The van der Waals surface area contributed by atoms with Crippen LogP contribution in [0, 0.1) is 0 Å². The molecule has 0 amide bonds. The Morgan fingerprint density at radius 2 is 0.614 bits per heavy atom. The van der Waals surface area contributed by atoms with E-state index in [1.807, 2.05) is 0 Å². The second-order valence-electron chi connectivity index (χ2n) is 12.3. The molecule has 1 rings (SSSR count). The second-order valence-corrected chi connectivity index (χ2v) is 132. The summed E-state index contributed by atoms with van der Waals surface area (Å²) in [7, 11) is 21.7.